The number of nitrogens with zero attached hydrogens (tertiary/aromatic N) is 3. The van der Waals surface area contributed by atoms with Crippen LogP contribution in [-0.4, -0.2) is 95.9 Å². The first kappa shape index (κ1) is 36.8. The van der Waals surface area contributed by atoms with E-state index in [1.165, 1.54) is 0 Å². The van der Waals surface area contributed by atoms with Gasteiger partial charge in [0.05, 0.1) is 24.8 Å². The van der Waals surface area contributed by atoms with Crippen LogP contribution < -0.4 is 16.0 Å². The largest absolute Gasteiger partial charge is 0.465 e. The SMILES string of the molecule is CC(C)c1ncc(CN(C)C(=O)NC(CCN2CCOCC2)C(=O)N[C@H](CCC(Cc2ccccc2)NC(=O)O)Cc2ccccc2)s1. The lowest BCUT2D eigenvalue weighted by molar-refractivity contribution is -0.124. The first-order chi connectivity index (χ1) is 23.2. The van der Waals surface area contributed by atoms with Gasteiger partial charge in [0.1, 0.15) is 6.04 Å². The lowest BCUT2D eigenvalue weighted by Gasteiger charge is -2.30. The predicted octanol–water partition coefficient (Wildman–Crippen LogP) is 4.89. The number of carbonyl (C=O) groups is 3. The normalized spacial score (nSPS) is 15.3. The number of ether oxygens (including phenoxy) is 1. The molecule has 260 valence electrons. The Morgan fingerprint density at radius 1 is 0.896 bits per heavy atom. The second-order valence-corrected chi connectivity index (χ2v) is 13.9. The Morgan fingerprint density at radius 3 is 2.02 bits per heavy atom. The van der Waals surface area contributed by atoms with E-state index in [1.807, 2.05) is 66.9 Å². The van der Waals surface area contributed by atoms with E-state index in [1.54, 1.807) is 23.3 Å². The fraction of sp³-hybridized carbons (Fsp3) is 0.500. The Morgan fingerprint density at radius 2 is 1.48 bits per heavy atom. The summed E-state index contributed by atoms with van der Waals surface area (Å²) in [6.45, 7) is 8.07. The summed E-state index contributed by atoms with van der Waals surface area (Å²) in [4.78, 5) is 48.4. The summed E-state index contributed by atoms with van der Waals surface area (Å²) in [5.41, 5.74) is 2.10. The fourth-order valence-electron chi connectivity index (χ4n) is 5.76. The molecule has 2 heterocycles. The van der Waals surface area contributed by atoms with E-state index in [9.17, 15) is 19.5 Å². The molecule has 0 saturated carbocycles. The van der Waals surface area contributed by atoms with Gasteiger partial charge in [0.2, 0.25) is 5.91 Å². The van der Waals surface area contributed by atoms with Crippen molar-refractivity contribution in [2.75, 3.05) is 39.9 Å². The van der Waals surface area contributed by atoms with Crippen molar-refractivity contribution >= 4 is 29.4 Å². The Bertz CT molecular complexity index is 1420. The predicted molar refractivity (Wildman–Crippen MR) is 188 cm³/mol. The molecule has 2 unspecified atom stereocenters. The molecule has 2 aromatic carbocycles. The molecule has 4 amide bonds. The highest BCUT2D eigenvalue weighted by molar-refractivity contribution is 7.11. The van der Waals surface area contributed by atoms with E-state index in [-0.39, 0.29) is 24.0 Å². The van der Waals surface area contributed by atoms with E-state index in [2.05, 4.69) is 39.7 Å². The zero-order chi connectivity index (χ0) is 34.3. The summed E-state index contributed by atoms with van der Waals surface area (Å²) in [7, 11) is 1.72. The van der Waals surface area contributed by atoms with Gasteiger partial charge in [0.15, 0.2) is 0 Å². The highest BCUT2D eigenvalue weighted by Crippen LogP contribution is 2.22. The molecule has 0 bridgehead atoms. The molecule has 11 nitrogen and oxygen atoms in total. The van der Waals surface area contributed by atoms with Crippen LogP contribution in [0.15, 0.2) is 66.9 Å². The second-order valence-electron chi connectivity index (χ2n) is 12.7. The van der Waals surface area contributed by atoms with Gasteiger partial charge in [-0.3, -0.25) is 9.69 Å². The number of carboxylic acid groups (broad SMARTS) is 1. The Labute approximate surface area is 288 Å². The summed E-state index contributed by atoms with van der Waals surface area (Å²) in [5.74, 6) is 0.0603. The van der Waals surface area contributed by atoms with Crippen molar-refractivity contribution in [3.63, 3.8) is 0 Å². The van der Waals surface area contributed by atoms with Crippen LogP contribution in [0.4, 0.5) is 9.59 Å². The zero-order valence-corrected chi connectivity index (χ0v) is 29.1. The molecular weight excluding hydrogens is 629 g/mol. The van der Waals surface area contributed by atoms with E-state index in [0.29, 0.717) is 64.3 Å². The van der Waals surface area contributed by atoms with Crippen LogP contribution in [0.2, 0.25) is 0 Å². The maximum atomic E-state index is 14.0. The van der Waals surface area contributed by atoms with Gasteiger partial charge in [-0.1, -0.05) is 74.5 Å². The van der Waals surface area contributed by atoms with Crippen molar-refractivity contribution in [3.05, 3.63) is 87.9 Å². The van der Waals surface area contributed by atoms with Crippen molar-refractivity contribution in [3.8, 4) is 0 Å². The molecule has 1 aliphatic rings. The van der Waals surface area contributed by atoms with Crippen LogP contribution >= 0.6 is 11.3 Å². The van der Waals surface area contributed by atoms with Crippen LogP contribution in [0.5, 0.6) is 0 Å². The van der Waals surface area contributed by atoms with Gasteiger partial charge >= 0.3 is 12.1 Å². The third-order valence-corrected chi connectivity index (χ3v) is 9.73. The van der Waals surface area contributed by atoms with Crippen LogP contribution in [0.3, 0.4) is 0 Å². The Hall–Kier alpha value is -4.00. The first-order valence-electron chi connectivity index (χ1n) is 16.8. The van der Waals surface area contributed by atoms with Crippen molar-refractivity contribution in [2.45, 2.75) is 76.5 Å². The second kappa shape index (κ2) is 19.1. The number of morpholine rings is 1. The van der Waals surface area contributed by atoms with Gasteiger partial charge in [-0.2, -0.15) is 0 Å². The molecule has 0 spiro atoms. The summed E-state index contributed by atoms with van der Waals surface area (Å²) >= 11 is 1.59. The quantitative estimate of drug-likeness (QED) is 0.160. The maximum absolute atomic E-state index is 14.0. The number of urea groups is 1. The van der Waals surface area contributed by atoms with Crippen molar-refractivity contribution in [1.29, 1.82) is 0 Å². The van der Waals surface area contributed by atoms with E-state index >= 15 is 0 Å². The van der Waals surface area contributed by atoms with E-state index < -0.39 is 12.1 Å². The minimum absolute atomic E-state index is 0.253. The maximum Gasteiger partial charge on any atom is 0.404 e. The molecule has 1 aliphatic heterocycles. The zero-order valence-electron chi connectivity index (χ0n) is 28.3. The molecular formula is C36H50N6O5S. The van der Waals surface area contributed by atoms with Gasteiger partial charge in [0.25, 0.3) is 0 Å². The number of aromatic nitrogens is 1. The van der Waals surface area contributed by atoms with Crippen molar-refractivity contribution < 1.29 is 24.2 Å². The Balaban J connectivity index is 1.46. The highest BCUT2D eigenvalue weighted by atomic mass is 32.1. The van der Waals surface area contributed by atoms with Gasteiger partial charge in [-0.05, 0) is 43.2 Å². The van der Waals surface area contributed by atoms with Crippen LogP contribution in [0.25, 0.3) is 0 Å². The lowest BCUT2D eigenvalue weighted by atomic mass is 9.95. The minimum Gasteiger partial charge on any atom is -0.465 e. The van der Waals surface area contributed by atoms with Crippen LogP contribution in [0, 0.1) is 0 Å². The van der Waals surface area contributed by atoms with Crippen molar-refractivity contribution in [1.82, 2.24) is 30.7 Å². The van der Waals surface area contributed by atoms with Crippen molar-refractivity contribution in [2.24, 2.45) is 0 Å². The number of carbonyl (C=O) groups excluding carboxylic acids is 2. The molecule has 3 atom stereocenters. The third kappa shape index (κ3) is 12.6. The third-order valence-electron chi connectivity index (χ3n) is 8.44. The number of benzene rings is 2. The topological polar surface area (TPSA) is 136 Å². The molecule has 1 aromatic heterocycles. The smallest absolute Gasteiger partial charge is 0.404 e. The number of rotatable bonds is 17. The molecule has 4 N–H and O–H groups in total. The van der Waals surface area contributed by atoms with Gasteiger partial charge in [0, 0.05) is 55.8 Å². The molecule has 48 heavy (non-hydrogen) atoms. The number of nitrogens with one attached hydrogen (secondary N) is 3. The highest BCUT2D eigenvalue weighted by Gasteiger charge is 2.27. The number of amides is 4. The summed E-state index contributed by atoms with van der Waals surface area (Å²) in [6.07, 6.45) is 3.37. The molecule has 4 rings (SSSR count). The minimum atomic E-state index is -1.08. The molecule has 1 saturated heterocycles. The molecule has 12 heteroatoms. The summed E-state index contributed by atoms with van der Waals surface area (Å²) in [5, 5.41) is 19.5. The molecule has 3 aromatic rings. The summed E-state index contributed by atoms with van der Waals surface area (Å²) < 4.78 is 5.50. The monoisotopic (exact) mass is 678 g/mol. The number of thiazole rings is 1. The van der Waals surface area contributed by atoms with Gasteiger partial charge in [-0.25, -0.2) is 14.6 Å². The van der Waals surface area contributed by atoms with E-state index in [4.69, 9.17) is 4.74 Å². The standard InChI is InChI=1S/C36H50N6O5S/c1-26(2)34-37-24-31(48-34)25-41(3)35(44)40-32(16-17-42-18-20-47-21-19-42)33(43)38-29(22-27-10-6-4-7-11-27)14-15-30(39-36(45)46)23-28-12-8-5-9-13-28/h4-13,24,26,29-30,32,39H,14-23,25H2,1-3H3,(H,38,43)(H,40,44)(H,45,46)/t29-,30?,32?/m1/s1. The lowest BCUT2D eigenvalue weighted by Crippen LogP contribution is -2.54. The summed E-state index contributed by atoms with van der Waals surface area (Å²) in [6, 6.07) is 18.0. The van der Waals surface area contributed by atoms with Gasteiger partial charge < -0.3 is 30.7 Å². The van der Waals surface area contributed by atoms with Gasteiger partial charge in [-0.15, -0.1) is 11.3 Å². The van der Waals surface area contributed by atoms with Crippen LogP contribution in [0.1, 0.15) is 60.0 Å². The first-order valence-corrected chi connectivity index (χ1v) is 17.6. The average Bonchev–Trinajstić information content (AvgIpc) is 3.55. The fourth-order valence-corrected chi connectivity index (χ4v) is 6.73. The number of hydrogen-bond donors (Lipinski definition) is 4. The molecule has 0 radical (unpaired) electrons. The average molecular weight is 679 g/mol. The number of hydrogen-bond acceptors (Lipinski definition) is 7. The van der Waals surface area contributed by atoms with E-state index in [0.717, 1.165) is 34.1 Å². The Kier molecular flexibility index (Phi) is 14.7. The van der Waals surface area contributed by atoms with Crippen LogP contribution in [-0.2, 0) is 28.9 Å². The molecule has 1 fully saturated rings. The molecule has 0 aliphatic carbocycles.